The summed E-state index contributed by atoms with van der Waals surface area (Å²) in [4.78, 5) is 11.9. The third kappa shape index (κ3) is 1.93. The normalized spacial score (nSPS) is 55.7. The van der Waals surface area contributed by atoms with Crippen molar-refractivity contribution < 1.29 is 15.0 Å². The van der Waals surface area contributed by atoms with Crippen LogP contribution >= 0.6 is 0 Å². The average Bonchev–Trinajstić information content (AvgIpc) is 2.72. The van der Waals surface area contributed by atoms with Crippen LogP contribution in [0.1, 0.15) is 65.7 Å². The lowest BCUT2D eigenvalue weighted by atomic mass is 9.46. The van der Waals surface area contributed by atoms with Crippen molar-refractivity contribution in [3.63, 3.8) is 0 Å². The Morgan fingerprint density at radius 1 is 1.09 bits per heavy atom. The molecule has 0 aromatic carbocycles. The highest BCUT2D eigenvalue weighted by Gasteiger charge is 2.64. The Bertz CT molecular complexity index is 577. The molecule has 4 aliphatic rings. The number of fused-ring (bicyclic) bond motifs is 5. The molecular weight excluding hydrogens is 288 g/mol. The molecule has 3 fully saturated rings. The van der Waals surface area contributed by atoms with Crippen molar-refractivity contribution in [1.29, 1.82) is 0 Å². The van der Waals surface area contributed by atoms with Crippen LogP contribution < -0.4 is 0 Å². The summed E-state index contributed by atoms with van der Waals surface area (Å²) in [6.45, 7) is 6.56. The fourth-order valence-corrected chi connectivity index (χ4v) is 6.77. The molecule has 0 saturated heterocycles. The van der Waals surface area contributed by atoms with Crippen LogP contribution in [0.2, 0.25) is 0 Å². The fraction of sp³-hybridized carbons (Fsp3) is 0.850. The number of ketones is 1. The van der Waals surface area contributed by atoms with Gasteiger partial charge in [0.25, 0.3) is 0 Å². The minimum atomic E-state index is -0.609. The van der Waals surface area contributed by atoms with Gasteiger partial charge in [-0.25, -0.2) is 0 Å². The third-order valence-corrected chi connectivity index (χ3v) is 8.55. The lowest BCUT2D eigenvalue weighted by molar-refractivity contribution is -0.147. The summed E-state index contributed by atoms with van der Waals surface area (Å²) in [5, 5.41) is 21.9. The maximum Gasteiger partial charge on any atom is 0.155 e. The average molecular weight is 318 g/mol. The van der Waals surface area contributed by atoms with Crippen molar-refractivity contribution in [2.45, 2.75) is 77.4 Å². The summed E-state index contributed by atoms with van der Waals surface area (Å²) in [6.07, 6.45) is 7.69. The van der Waals surface area contributed by atoms with E-state index < -0.39 is 5.60 Å². The molecule has 4 aliphatic carbocycles. The summed E-state index contributed by atoms with van der Waals surface area (Å²) in [5.41, 5.74) is 0.586. The minimum Gasteiger partial charge on any atom is -0.392 e. The summed E-state index contributed by atoms with van der Waals surface area (Å²) in [7, 11) is 0. The first-order valence-electron chi connectivity index (χ1n) is 9.33. The molecule has 0 aromatic rings. The Kier molecular flexibility index (Phi) is 3.23. The van der Waals surface area contributed by atoms with E-state index in [2.05, 4.69) is 13.8 Å². The molecule has 0 aliphatic heterocycles. The smallest absolute Gasteiger partial charge is 0.155 e. The van der Waals surface area contributed by atoms with Gasteiger partial charge in [-0.3, -0.25) is 4.79 Å². The van der Waals surface area contributed by atoms with Crippen LogP contribution in [-0.2, 0) is 4.79 Å². The molecule has 3 heteroatoms. The fourth-order valence-electron chi connectivity index (χ4n) is 6.77. The van der Waals surface area contributed by atoms with Crippen molar-refractivity contribution in [2.75, 3.05) is 0 Å². The molecular formula is C20H30O3. The lowest BCUT2D eigenvalue weighted by Gasteiger charge is -2.60. The largest absolute Gasteiger partial charge is 0.392 e. The van der Waals surface area contributed by atoms with Gasteiger partial charge in [-0.2, -0.15) is 0 Å². The second-order valence-electron chi connectivity index (χ2n) is 9.38. The molecule has 128 valence electrons. The van der Waals surface area contributed by atoms with Crippen LogP contribution in [0.4, 0.5) is 0 Å². The molecule has 7 atom stereocenters. The maximum absolute atomic E-state index is 11.9. The zero-order valence-electron chi connectivity index (χ0n) is 14.6. The summed E-state index contributed by atoms with van der Waals surface area (Å²) in [5.74, 6) is 1.37. The highest BCUT2D eigenvalue weighted by Crippen LogP contribution is 2.67. The number of hydrogen-bond acceptors (Lipinski definition) is 3. The van der Waals surface area contributed by atoms with Crippen LogP contribution in [-0.4, -0.2) is 27.7 Å². The highest BCUT2D eigenvalue weighted by molar-refractivity contribution is 5.91. The Balaban J connectivity index is 1.74. The molecule has 0 heterocycles. The first-order valence-corrected chi connectivity index (χ1v) is 9.33. The van der Waals surface area contributed by atoms with Crippen LogP contribution in [0.25, 0.3) is 0 Å². The van der Waals surface area contributed by atoms with Crippen molar-refractivity contribution in [3.05, 3.63) is 11.6 Å². The van der Waals surface area contributed by atoms with Crippen LogP contribution in [0.3, 0.4) is 0 Å². The van der Waals surface area contributed by atoms with Crippen molar-refractivity contribution in [2.24, 2.45) is 28.6 Å². The van der Waals surface area contributed by atoms with E-state index >= 15 is 0 Å². The van der Waals surface area contributed by atoms with Gasteiger partial charge in [0.15, 0.2) is 5.78 Å². The lowest BCUT2D eigenvalue weighted by Crippen LogP contribution is -2.57. The second-order valence-corrected chi connectivity index (χ2v) is 9.38. The van der Waals surface area contributed by atoms with E-state index in [1.54, 1.807) is 0 Å². The van der Waals surface area contributed by atoms with E-state index in [9.17, 15) is 15.0 Å². The molecule has 0 spiro atoms. The van der Waals surface area contributed by atoms with Crippen molar-refractivity contribution >= 4 is 5.78 Å². The van der Waals surface area contributed by atoms with Gasteiger partial charge >= 0.3 is 0 Å². The number of carbonyl (C=O) groups excluding carboxylic acids is 1. The first-order chi connectivity index (χ1) is 10.7. The van der Waals surface area contributed by atoms with E-state index in [1.807, 2.05) is 13.0 Å². The van der Waals surface area contributed by atoms with Crippen LogP contribution in [0.15, 0.2) is 11.6 Å². The van der Waals surface area contributed by atoms with Gasteiger partial charge in [0, 0.05) is 6.42 Å². The van der Waals surface area contributed by atoms with E-state index in [-0.39, 0.29) is 28.6 Å². The zero-order valence-corrected chi connectivity index (χ0v) is 14.6. The number of hydrogen-bond donors (Lipinski definition) is 2. The first kappa shape index (κ1) is 15.8. The van der Waals surface area contributed by atoms with Crippen molar-refractivity contribution in [1.82, 2.24) is 0 Å². The molecule has 4 rings (SSSR count). The summed E-state index contributed by atoms with van der Waals surface area (Å²) >= 11 is 0. The second kappa shape index (κ2) is 4.70. The molecule has 23 heavy (non-hydrogen) atoms. The molecule has 2 N–H and O–H groups in total. The molecule has 0 amide bonds. The molecule has 1 unspecified atom stereocenters. The maximum atomic E-state index is 11.9. The number of aliphatic hydroxyl groups is 2. The Morgan fingerprint density at radius 3 is 2.52 bits per heavy atom. The standard InChI is InChI=1S/C20H30O3/c1-18-7-4-13(21)10-12(18)11-16(22)17-14(18)5-8-19(2)15(17)6-9-20(19,3)23/h10,14-17,22-23H,4-9,11H2,1-3H3/t14-,15-,16?,17+,18-,19-,20-/m0/s1. The molecule has 3 nitrogen and oxygen atoms in total. The van der Waals surface area contributed by atoms with Crippen LogP contribution in [0, 0.1) is 28.6 Å². The van der Waals surface area contributed by atoms with E-state index in [0.717, 1.165) is 32.1 Å². The molecule has 0 bridgehead atoms. The zero-order chi connectivity index (χ0) is 16.6. The molecule has 0 radical (unpaired) electrons. The van der Waals surface area contributed by atoms with Gasteiger partial charge < -0.3 is 10.2 Å². The van der Waals surface area contributed by atoms with Gasteiger partial charge in [0.2, 0.25) is 0 Å². The monoisotopic (exact) mass is 318 g/mol. The Labute approximate surface area is 139 Å². The summed E-state index contributed by atoms with van der Waals surface area (Å²) in [6, 6.07) is 0. The summed E-state index contributed by atoms with van der Waals surface area (Å²) < 4.78 is 0. The molecule has 0 aromatic heterocycles. The van der Waals surface area contributed by atoms with Crippen molar-refractivity contribution in [3.8, 4) is 0 Å². The predicted octanol–water partition coefficient (Wildman–Crippen LogP) is 3.24. The quantitative estimate of drug-likeness (QED) is 0.721. The Hall–Kier alpha value is -0.670. The minimum absolute atomic E-state index is 0.0722. The Morgan fingerprint density at radius 2 is 1.78 bits per heavy atom. The van der Waals surface area contributed by atoms with Gasteiger partial charge in [-0.1, -0.05) is 19.4 Å². The third-order valence-electron chi connectivity index (χ3n) is 8.55. The van der Waals surface area contributed by atoms with E-state index in [4.69, 9.17) is 0 Å². The van der Waals surface area contributed by atoms with E-state index in [1.165, 1.54) is 5.57 Å². The van der Waals surface area contributed by atoms with Gasteiger partial charge in [-0.05, 0) is 80.1 Å². The van der Waals surface area contributed by atoms with E-state index in [0.29, 0.717) is 24.7 Å². The van der Waals surface area contributed by atoms with Gasteiger partial charge in [-0.15, -0.1) is 0 Å². The number of aliphatic hydroxyl groups excluding tert-OH is 1. The van der Waals surface area contributed by atoms with Crippen LogP contribution in [0.5, 0.6) is 0 Å². The molecule has 3 saturated carbocycles. The highest BCUT2D eigenvalue weighted by atomic mass is 16.3. The SMILES string of the molecule is C[C@]12CCC(=O)C=C1CC(O)[C@@H]1[C@@H]2CC[C@@]2(C)[C@H]1CC[C@]2(C)O. The predicted molar refractivity (Wildman–Crippen MR) is 88.7 cm³/mol. The van der Waals surface area contributed by atoms with Gasteiger partial charge in [0.05, 0.1) is 11.7 Å². The van der Waals surface area contributed by atoms with Gasteiger partial charge in [0.1, 0.15) is 0 Å². The number of carbonyl (C=O) groups is 1. The number of rotatable bonds is 0. The topological polar surface area (TPSA) is 57.5 Å².